The van der Waals surface area contributed by atoms with E-state index in [1.807, 2.05) is 24.3 Å². The van der Waals surface area contributed by atoms with Gasteiger partial charge in [-0.25, -0.2) is 4.98 Å². The maximum atomic E-state index is 12.2. The number of aromatic nitrogens is 1. The second kappa shape index (κ2) is 6.96. The fraction of sp³-hybridized carbons (Fsp3) is 0.474. The van der Waals surface area contributed by atoms with E-state index in [1.54, 1.807) is 11.3 Å². The Kier molecular flexibility index (Phi) is 5.11. The third kappa shape index (κ3) is 4.25. The van der Waals surface area contributed by atoms with Crippen molar-refractivity contribution in [2.45, 2.75) is 46.5 Å². The summed E-state index contributed by atoms with van der Waals surface area (Å²) in [6.45, 7) is 6.93. The predicted molar refractivity (Wildman–Crippen MR) is 104 cm³/mol. The molecule has 0 saturated carbocycles. The van der Waals surface area contributed by atoms with Gasteiger partial charge in [0.1, 0.15) is 0 Å². The average molecular weight is 407 g/mol. The summed E-state index contributed by atoms with van der Waals surface area (Å²) in [4.78, 5) is 18.2. The summed E-state index contributed by atoms with van der Waals surface area (Å²) in [6.07, 6.45) is 3.67. The van der Waals surface area contributed by atoms with Crippen LogP contribution >= 0.6 is 27.3 Å². The predicted octanol–water partition coefficient (Wildman–Crippen LogP) is 5.24. The number of benzene rings is 1. The summed E-state index contributed by atoms with van der Waals surface area (Å²) in [5, 5.41) is 3.72. The number of hydrogen-bond acceptors (Lipinski definition) is 3. The van der Waals surface area contributed by atoms with Crippen molar-refractivity contribution in [1.29, 1.82) is 0 Å². The van der Waals surface area contributed by atoms with Gasteiger partial charge >= 0.3 is 0 Å². The lowest BCUT2D eigenvalue weighted by molar-refractivity contribution is -0.115. The molecule has 1 unspecified atom stereocenters. The lowest BCUT2D eigenvalue weighted by Gasteiger charge is -2.33. The molecule has 1 aliphatic carbocycles. The minimum Gasteiger partial charge on any atom is -0.302 e. The number of nitrogens with zero attached hydrogens (tertiary/aromatic N) is 1. The summed E-state index contributed by atoms with van der Waals surface area (Å²) >= 11 is 5.05. The van der Waals surface area contributed by atoms with Crippen molar-refractivity contribution >= 4 is 38.3 Å². The first-order valence-electron chi connectivity index (χ1n) is 8.34. The van der Waals surface area contributed by atoms with Gasteiger partial charge < -0.3 is 5.32 Å². The largest absolute Gasteiger partial charge is 0.302 e. The molecule has 1 N–H and O–H groups in total. The molecule has 5 heteroatoms. The molecule has 0 radical (unpaired) electrons. The van der Waals surface area contributed by atoms with Crippen LogP contribution in [0.2, 0.25) is 0 Å². The molecule has 0 aliphatic heterocycles. The van der Waals surface area contributed by atoms with Gasteiger partial charge in [0.2, 0.25) is 5.91 Å². The molecule has 3 nitrogen and oxygen atoms in total. The van der Waals surface area contributed by atoms with Crippen LogP contribution in [0.5, 0.6) is 0 Å². The molecule has 2 aromatic rings. The molecule has 3 rings (SSSR count). The fourth-order valence-corrected chi connectivity index (χ4v) is 4.49. The molecular weight excluding hydrogens is 384 g/mol. The Hall–Kier alpha value is -1.20. The van der Waals surface area contributed by atoms with Gasteiger partial charge in [0.15, 0.2) is 5.13 Å². The lowest BCUT2D eigenvalue weighted by atomic mass is 9.73. The highest BCUT2D eigenvalue weighted by Crippen LogP contribution is 2.40. The normalized spacial score (nSPS) is 17.4. The molecule has 1 heterocycles. The second-order valence-electron chi connectivity index (χ2n) is 7.55. The Balaban J connectivity index is 1.64. The maximum Gasteiger partial charge on any atom is 0.230 e. The van der Waals surface area contributed by atoms with Gasteiger partial charge in [-0.15, -0.1) is 11.3 Å². The van der Waals surface area contributed by atoms with Crippen molar-refractivity contribution < 1.29 is 4.79 Å². The number of amides is 1. The summed E-state index contributed by atoms with van der Waals surface area (Å²) in [7, 11) is 0. The highest BCUT2D eigenvalue weighted by atomic mass is 79.9. The Bertz CT molecular complexity index is 731. The number of carbonyl (C=O) groups excluding carboxylic acids is 1. The van der Waals surface area contributed by atoms with E-state index in [0.717, 1.165) is 28.0 Å². The van der Waals surface area contributed by atoms with Crippen LogP contribution in [0.4, 0.5) is 5.13 Å². The number of anilines is 1. The first-order chi connectivity index (χ1) is 11.3. The van der Waals surface area contributed by atoms with Crippen LogP contribution in [-0.4, -0.2) is 10.9 Å². The minimum absolute atomic E-state index is 0.00390. The van der Waals surface area contributed by atoms with Crippen LogP contribution in [0.15, 0.2) is 28.7 Å². The molecule has 24 heavy (non-hydrogen) atoms. The van der Waals surface area contributed by atoms with E-state index < -0.39 is 0 Å². The Morgan fingerprint density at radius 1 is 1.33 bits per heavy atom. The third-order valence-corrected chi connectivity index (χ3v) is 6.25. The SMILES string of the molecule is CC(C)(C)C1CCc2nc(NC(=O)Cc3ccc(Br)cc3)sc2C1. The van der Waals surface area contributed by atoms with Crippen molar-refractivity contribution in [1.82, 2.24) is 4.98 Å². The highest BCUT2D eigenvalue weighted by Gasteiger charge is 2.30. The number of fused-ring (bicyclic) bond motifs is 1. The molecule has 1 aromatic carbocycles. The smallest absolute Gasteiger partial charge is 0.230 e. The van der Waals surface area contributed by atoms with Gasteiger partial charge in [0, 0.05) is 9.35 Å². The summed E-state index contributed by atoms with van der Waals surface area (Å²) in [5.41, 5.74) is 2.51. The van der Waals surface area contributed by atoms with Crippen LogP contribution in [-0.2, 0) is 24.1 Å². The zero-order valence-corrected chi connectivity index (χ0v) is 16.8. The van der Waals surface area contributed by atoms with Gasteiger partial charge in [-0.2, -0.15) is 0 Å². The molecule has 1 aromatic heterocycles. The van der Waals surface area contributed by atoms with Crippen LogP contribution < -0.4 is 5.32 Å². The number of hydrogen-bond donors (Lipinski definition) is 1. The third-order valence-electron chi connectivity index (χ3n) is 4.69. The van der Waals surface area contributed by atoms with Crippen LogP contribution in [0.1, 0.15) is 43.3 Å². The second-order valence-corrected chi connectivity index (χ2v) is 9.55. The number of thiazole rings is 1. The van der Waals surface area contributed by atoms with Gasteiger partial charge in [-0.1, -0.05) is 48.8 Å². The molecule has 0 saturated heterocycles. The quantitative estimate of drug-likeness (QED) is 0.756. The van der Waals surface area contributed by atoms with Gasteiger partial charge in [-0.3, -0.25) is 4.79 Å². The first kappa shape index (κ1) is 17.6. The monoisotopic (exact) mass is 406 g/mol. The zero-order chi connectivity index (χ0) is 17.3. The molecule has 128 valence electrons. The summed E-state index contributed by atoms with van der Waals surface area (Å²) in [5.74, 6) is 0.688. The van der Waals surface area contributed by atoms with E-state index in [1.165, 1.54) is 17.0 Å². The van der Waals surface area contributed by atoms with Crippen molar-refractivity contribution in [3.8, 4) is 0 Å². The van der Waals surface area contributed by atoms with Crippen LogP contribution in [0, 0.1) is 11.3 Å². The summed E-state index contributed by atoms with van der Waals surface area (Å²) < 4.78 is 1.02. The van der Waals surface area contributed by atoms with Crippen LogP contribution in [0.25, 0.3) is 0 Å². The Morgan fingerprint density at radius 3 is 2.71 bits per heavy atom. The molecule has 1 amide bonds. The van der Waals surface area contributed by atoms with Crippen LogP contribution in [0.3, 0.4) is 0 Å². The van der Waals surface area contributed by atoms with E-state index in [2.05, 4.69) is 47.0 Å². The minimum atomic E-state index is -0.00390. The van der Waals surface area contributed by atoms with E-state index in [4.69, 9.17) is 0 Å². The average Bonchev–Trinajstić information content (AvgIpc) is 2.89. The van der Waals surface area contributed by atoms with Crippen molar-refractivity contribution in [2.24, 2.45) is 11.3 Å². The molecule has 0 fully saturated rings. The number of carbonyl (C=O) groups is 1. The number of aryl methyl sites for hydroxylation is 1. The number of nitrogens with one attached hydrogen (secondary N) is 1. The van der Waals surface area contributed by atoms with Gasteiger partial charge in [0.05, 0.1) is 12.1 Å². The fourth-order valence-electron chi connectivity index (χ4n) is 3.12. The molecule has 1 atom stereocenters. The standard InChI is InChI=1S/C19H23BrN2OS/c1-19(2,3)13-6-9-15-16(11-13)24-18(21-15)22-17(23)10-12-4-7-14(20)8-5-12/h4-5,7-8,13H,6,9-11H2,1-3H3,(H,21,22,23). The van der Waals surface area contributed by atoms with Crippen molar-refractivity contribution in [2.75, 3.05) is 5.32 Å². The van der Waals surface area contributed by atoms with E-state index in [9.17, 15) is 4.79 Å². The van der Waals surface area contributed by atoms with E-state index in [-0.39, 0.29) is 5.91 Å². The zero-order valence-electron chi connectivity index (χ0n) is 14.4. The molecule has 0 spiro atoms. The summed E-state index contributed by atoms with van der Waals surface area (Å²) in [6, 6.07) is 7.84. The highest BCUT2D eigenvalue weighted by molar-refractivity contribution is 9.10. The molecule has 0 bridgehead atoms. The maximum absolute atomic E-state index is 12.2. The number of halogens is 1. The topological polar surface area (TPSA) is 42.0 Å². The first-order valence-corrected chi connectivity index (χ1v) is 9.95. The van der Waals surface area contributed by atoms with Crippen molar-refractivity contribution in [3.63, 3.8) is 0 Å². The Labute approximate surface area is 156 Å². The van der Waals surface area contributed by atoms with Gasteiger partial charge in [0.25, 0.3) is 0 Å². The number of rotatable bonds is 3. The molecular formula is C19H23BrN2OS. The van der Waals surface area contributed by atoms with Crippen molar-refractivity contribution in [3.05, 3.63) is 44.9 Å². The molecule has 1 aliphatic rings. The van der Waals surface area contributed by atoms with E-state index in [0.29, 0.717) is 17.8 Å². The lowest BCUT2D eigenvalue weighted by Crippen LogP contribution is -2.26. The Morgan fingerprint density at radius 2 is 2.04 bits per heavy atom. The van der Waals surface area contributed by atoms with E-state index >= 15 is 0 Å². The van der Waals surface area contributed by atoms with Gasteiger partial charge in [-0.05, 0) is 48.3 Å².